The minimum Gasteiger partial charge on any atom is -0.366 e. The highest BCUT2D eigenvalue weighted by Crippen LogP contribution is 2.33. The molecule has 5 nitrogen and oxygen atoms in total. The molecule has 2 N–H and O–H groups in total. The van der Waals surface area contributed by atoms with Crippen molar-refractivity contribution in [1.82, 2.24) is 20.1 Å². The predicted octanol–water partition coefficient (Wildman–Crippen LogP) is 5.97. The average Bonchev–Trinajstić information content (AvgIpc) is 3.29. The van der Waals surface area contributed by atoms with Crippen LogP contribution in [0.2, 0.25) is 0 Å². The molecule has 2 unspecified atom stereocenters. The first-order valence-corrected chi connectivity index (χ1v) is 12.7. The maximum Gasteiger partial charge on any atom is 0.251 e. The highest BCUT2D eigenvalue weighted by atomic mass is 19.1. The molecular formula is C30H39FN4O. The molecule has 0 bridgehead atoms. The quantitative estimate of drug-likeness (QED) is 0.419. The van der Waals surface area contributed by atoms with E-state index in [2.05, 4.69) is 66.2 Å². The first-order valence-electron chi connectivity index (χ1n) is 12.7. The van der Waals surface area contributed by atoms with Crippen molar-refractivity contribution in [2.24, 2.45) is 0 Å². The zero-order valence-corrected chi connectivity index (χ0v) is 22.4. The number of hydrogen-bond acceptors (Lipinski definition) is 3. The van der Waals surface area contributed by atoms with Crippen molar-refractivity contribution in [3.63, 3.8) is 0 Å². The first kappa shape index (κ1) is 27.2. The normalized spacial score (nSPS) is 17.9. The van der Waals surface area contributed by atoms with Crippen molar-refractivity contribution < 1.29 is 9.18 Å². The maximum absolute atomic E-state index is 13.3. The zero-order chi connectivity index (χ0) is 26.6. The Kier molecular flexibility index (Phi) is 8.75. The number of carbonyl (C=O) groups is 1. The molecule has 36 heavy (non-hydrogen) atoms. The Labute approximate surface area is 214 Å². The molecule has 6 heteroatoms. The molecule has 1 aliphatic heterocycles. The number of fused-ring (bicyclic) bond motifs is 1. The lowest BCUT2D eigenvalue weighted by Crippen LogP contribution is -2.54. The van der Waals surface area contributed by atoms with Gasteiger partial charge in [0.2, 0.25) is 0 Å². The standard InChI is InChI=1S/C28H33FN4O.C2H6/c1-17-11-27-25(26(13-31-27)20(4)28(34)30-6)12-24(17)21(5)33-15-18(2)32(14-19(33)3)16-22-7-9-23(29)10-8-22;1-2/h7-13,18-19,31H,4-5,14-16H2,1-3,6H3,(H,30,34);1-2H3. The summed E-state index contributed by atoms with van der Waals surface area (Å²) in [4.78, 5) is 20.3. The summed E-state index contributed by atoms with van der Waals surface area (Å²) in [5.74, 6) is -0.398. The van der Waals surface area contributed by atoms with Crippen LogP contribution >= 0.6 is 0 Å². The van der Waals surface area contributed by atoms with E-state index in [9.17, 15) is 9.18 Å². The highest BCUT2D eigenvalue weighted by Gasteiger charge is 2.30. The molecule has 1 fully saturated rings. The number of piperazine rings is 1. The summed E-state index contributed by atoms with van der Waals surface area (Å²) in [6, 6.07) is 11.6. The molecule has 1 amide bonds. The summed E-state index contributed by atoms with van der Waals surface area (Å²) in [5.41, 5.74) is 6.51. The van der Waals surface area contributed by atoms with Gasteiger partial charge in [-0.2, -0.15) is 0 Å². The smallest absolute Gasteiger partial charge is 0.251 e. The minimum atomic E-state index is -0.205. The number of hydrogen-bond donors (Lipinski definition) is 2. The molecule has 1 aliphatic rings. The largest absolute Gasteiger partial charge is 0.366 e. The number of benzene rings is 2. The summed E-state index contributed by atoms with van der Waals surface area (Å²) >= 11 is 0. The third-order valence-electron chi connectivity index (χ3n) is 6.92. The third kappa shape index (κ3) is 5.54. The van der Waals surface area contributed by atoms with E-state index in [0.29, 0.717) is 11.6 Å². The lowest BCUT2D eigenvalue weighted by Gasteiger charge is -2.46. The molecule has 3 aromatic rings. The van der Waals surface area contributed by atoms with Crippen LogP contribution < -0.4 is 5.32 Å². The van der Waals surface area contributed by atoms with Gasteiger partial charge >= 0.3 is 0 Å². The Morgan fingerprint density at radius 2 is 1.75 bits per heavy atom. The summed E-state index contributed by atoms with van der Waals surface area (Å²) in [5, 5.41) is 3.62. The number of nitrogens with one attached hydrogen (secondary N) is 2. The number of aromatic nitrogens is 1. The molecule has 2 aromatic carbocycles. The molecule has 0 saturated carbocycles. The molecule has 1 saturated heterocycles. The fourth-order valence-corrected chi connectivity index (χ4v) is 4.89. The van der Waals surface area contributed by atoms with Gasteiger partial charge in [-0.15, -0.1) is 0 Å². The molecule has 0 radical (unpaired) electrons. The first-order chi connectivity index (χ1) is 17.2. The van der Waals surface area contributed by atoms with Crippen molar-refractivity contribution in [3.05, 3.63) is 83.8 Å². The topological polar surface area (TPSA) is 51.4 Å². The number of halogens is 1. The third-order valence-corrected chi connectivity index (χ3v) is 6.92. The molecule has 2 heterocycles. The van der Waals surface area contributed by atoms with Gasteiger partial charge in [0.1, 0.15) is 5.82 Å². The van der Waals surface area contributed by atoms with Gasteiger partial charge in [-0.3, -0.25) is 9.69 Å². The van der Waals surface area contributed by atoms with E-state index in [-0.39, 0.29) is 17.8 Å². The van der Waals surface area contributed by atoms with Crippen molar-refractivity contribution in [3.8, 4) is 0 Å². The Balaban J connectivity index is 0.00000176. The number of rotatable bonds is 6. The average molecular weight is 491 g/mol. The second kappa shape index (κ2) is 11.6. The van der Waals surface area contributed by atoms with Crippen LogP contribution in [0.5, 0.6) is 0 Å². The van der Waals surface area contributed by atoms with E-state index in [1.54, 1.807) is 7.05 Å². The van der Waals surface area contributed by atoms with Crippen LogP contribution in [0.15, 0.2) is 55.8 Å². The second-order valence-corrected chi connectivity index (χ2v) is 9.33. The number of carbonyl (C=O) groups excluding carboxylic acids is 1. The number of nitrogens with zero attached hydrogens (tertiary/aromatic N) is 2. The van der Waals surface area contributed by atoms with E-state index in [0.717, 1.165) is 58.5 Å². The lowest BCUT2D eigenvalue weighted by atomic mass is 9.97. The summed E-state index contributed by atoms with van der Waals surface area (Å²) in [6.45, 7) is 21.5. The lowest BCUT2D eigenvalue weighted by molar-refractivity contribution is -0.115. The number of likely N-dealkylation sites (N-methyl/N-ethyl adjacent to an activating group) is 1. The number of H-pyrrole nitrogens is 1. The summed E-state index contributed by atoms with van der Waals surface area (Å²) in [7, 11) is 1.61. The summed E-state index contributed by atoms with van der Waals surface area (Å²) in [6.07, 6.45) is 1.84. The number of aromatic amines is 1. The van der Waals surface area contributed by atoms with E-state index in [1.807, 2.05) is 32.2 Å². The van der Waals surface area contributed by atoms with E-state index in [1.165, 1.54) is 12.1 Å². The number of aryl methyl sites for hydroxylation is 1. The van der Waals surface area contributed by atoms with Crippen molar-refractivity contribution in [2.75, 3.05) is 20.1 Å². The van der Waals surface area contributed by atoms with Crippen LogP contribution in [-0.4, -0.2) is 52.9 Å². The molecule has 2 atom stereocenters. The van der Waals surface area contributed by atoms with Crippen molar-refractivity contribution in [1.29, 1.82) is 0 Å². The molecule has 192 valence electrons. The van der Waals surface area contributed by atoms with E-state index in [4.69, 9.17) is 0 Å². The minimum absolute atomic E-state index is 0.193. The van der Waals surface area contributed by atoms with Crippen LogP contribution in [0, 0.1) is 12.7 Å². The van der Waals surface area contributed by atoms with Crippen LogP contribution in [0.4, 0.5) is 4.39 Å². The van der Waals surface area contributed by atoms with Gasteiger partial charge in [-0.25, -0.2) is 4.39 Å². The molecular weight excluding hydrogens is 451 g/mol. The van der Waals surface area contributed by atoms with Gasteiger partial charge < -0.3 is 15.2 Å². The summed E-state index contributed by atoms with van der Waals surface area (Å²) < 4.78 is 13.3. The van der Waals surface area contributed by atoms with E-state index >= 15 is 0 Å². The van der Waals surface area contributed by atoms with Crippen LogP contribution in [0.1, 0.15) is 49.9 Å². The van der Waals surface area contributed by atoms with Crippen molar-refractivity contribution in [2.45, 2.75) is 53.2 Å². The van der Waals surface area contributed by atoms with Crippen molar-refractivity contribution >= 4 is 28.1 Å². The predicted molar refractivity (Wildman–Crippen MR) is 149 cm³/mol. The molecule has 1 aromatic heterocycles. The van der Waals surface area contributed by atoms with Crippen LogP contribution in [0.3, 0.4) is 0 Å². The Hall–Kier alpha value is -3.38. The van der Waals surface area contributed by atoms with Crippen LogP contribution in [0.25, 0.3) is 22.2 Å². The maximum atomic E-state index is 13.3. The molecule has 0 aliphatic carbocycles. The molecule has 0 spiro atoms. The Morgan fingerprint density at radius 3 is 2.39 bits per heavy atom. The van der Waals surface area contributed by atoms with E-state index < -0.39 is 0 Å². The Bertz CT molecular complexity index is 1240. The monoisotopic (exact) mass is 490 g/mol. The zero-order valence-electron chi connectivity index (χ0n) is 22.4. The van der Waals surface area contributed by atoms with Crippen LogP contribution in [-0.2, 0) is 11.3 Å². The fraction of sp³-hybridized carbons (Fsp3) is 0.367. The second-order valence-electron chi connectivity index (χ2n) is 9.33. The van der Waals surface area contributed by atoms with Gasteiger partial charge in [-0.1, -0.05) is 39.1 Å². The van der Waals surface area contributed by atoms with Gasteiger partial charge in [0, 0.05) is 78.3 Å². The van der Waals surface area contributed by atoms with Gasteiger partial charge in [0.15, 0.2) is 0 Å². The fourth-order valence-electron chi connectivity index (χ4n) is 4.89. The Morgan fingerprint density at radius 1 is 1.08 bits per heavy atom. The van der Waals surface area contributed by atoms with Gasteiger partial charge in [0.25, 0.3) is 5.91 Å². The number of amides is 1. The highest BCUT2D eigenvalue weighted by molar-refractivity contribution is 6.22. The van der Waals surface area contributed by atoms with Gasteiger partial charge in [-0.05, 0) is 56.2 Å². The van der Waals surface area contributed by atoms with Gasteiger partial charge in [0.05, 0.1) is 0 Å². The SMILES string of the molecule is C=C(C(=O)NC)c1c[nH]c2cc(C)c(C(=C)N3CC(C)N(Cc4ccc(F)cc4)CC3C)cc12.CC. The molecule has 4 rings (SSSR count).